The predicted octanol–water partition coefficient (Wildman–Crippen LogP) is 18.6. The number of aryl methyl sites for hydroxylation is 3. The zero-order valence-corrected chi connectivity index (χ0v) is 49.2. The van der Waals surface area contributed by atoms with Crippen LogP contribution in [0.5, 0.6) is 0 Å². The van der Waals surface area contributed by atoms with Gasteiger partial charge in [-0.05, 0) is 177 Å². The van der Waals surface area contributed by atoms with Crippen LogP contribution in [-0.2, 0) is 19.0 Å². The summed E-state index contributed by atoms with van der Waals surface area (Å²) in [5, 5.41) is 0. The summed E-state index contributed by atoms with van der Waals surface area (Å²) in [6, 6.07) is 41.4. The molecule has 10 atom stereocenters. The predicted molar refractivity (Wildman–Crippen MR) is 313 cm³/mol. The highest BCUT2D eigenvalue weighted by Crippen LogP contribution is 2.55. The molecule has 0 amide bonds. The third kappa shape index (κ3) is 20.7. The molecule has 0 heterocycles. The average Bonchev–Trinajstić information content (AvgIpc) is 4.00. The first-order valence-corrected chi connectivity index (χ1v) is 27.9. The normalized spacial score (nSPS) is 18.9. The SMILES string of the molecule is CCC(C)c1ccc(C(=O)OC)cc1.CCC(C)c1ccc(C)cc1.CCC(C)c1cccc(C(=O)OC)c1.CCC(C)c1cccc(C)c1.CCC(C)c1ccccc1C.COC(=O)C1CC2CC1C(C)C2C. The third-order valence-electron chi connectivity index (χ3n) is 16.2. The molecule has 2 saturated carbocycles. The molecule has 2 aliphatic rings. The second-order valence-electron chi connectivity index (χ2n) is 21.2. The molecular weight excluding hydrogens is 913 g/mol. The molecule has 6 heteroatoms. The van der Waals surface area contributed by atoms with E-state index < -0.39 is 0 Å². The maximum Gasteiger partial charge on any atom is 0.337 e. The minimum Gasteiger partial charge on any atom is -0.469 e. The van der Waals surface area contributed by atoms with Crippen molar-refractivity contribution in [2.75, 3.05) is 21.3 Å². The molecule has 2 fully saturated rings. The fourth-order valence-electron chi connectivity index (χ4n) is 9.69. The van der Waals surface area contributed by atoms with Crippen LogP contribution >= 0.6 is 0 Å². The average molecular weight is 1010 g/mol. The van der Waals surface area contributed by atoms with Crippen LogP contribution in [0, 0.1) is 50.4 Å². The molecule has 0 radical (unpaired) electrons. The summed E-state index contributed by atoms with van der Waals surface area (Å²) in [5.74, 6) is 5.73. The summed E-state index contributed by atoms with van der Waals surface area (Å²) in [4.78, 5) is 33.8. The first-order valence-electron chi connectivity index (χ1n) is 27.9. The smallest absolute Gasteiger partial charge is 0.337 e. The summed E-state index contributed by atoms with van der Waals surface area (Å²) in [6.07, 6.45) is 8.19. The van der Waals surface area contributed by atoms with Crippen LogP contribution in [0.15, 0.2) is 121 Å². The van der Waals surface area contributed by atoms with Crippen molar-refractivity contribution in [1.82, 2.24) is 0 Å². The van der Waals surface area contributed by atoms with Crippen molar-refractivity contribution in [2.24, 2.45) is 29.6 Å². The first-order chi connectivity index (χ1) is 35.2. The van der Waals surface area contributed by atoms with Gasteiger partial charge < -0.3 is 14.2 Å². The lowest BCUT2D eigenvalue weighted by molar-refractivity contribution is -0.148. The van der Waals surface area contributed by atoms with Gasteiger partial charge in [0, 0.05) is 0 Å². The summed E-state index contributed by atoms with van der Waals surface area (Å²) >= 11 is 0. The van der Waals surface area contributed by atoms with E-state index in [1.165, 1.54) is 91.5 Å². The standard InChI is InChI=1S/2C12H16O2.C11H18O2.3C11H16/c1-4-9(2)10-5-7-11(8-6-10)12(13)14-3;1-4-9(2)10-6-5-7-11(8-10)12(13)14-3;1-6-7(2)9-4-8(6)5-10(9)11(12)13-3;1-4-10(3)11-7-5-9(2)6-8-11;1-4-10(3)11-7-5-6-9(2)8-11;1-4-9(2)11-8-6-5-7-10(11)3/h2*5-9H,4H2,1-3H3;6-10H,4-5H2,1-3H3;2*5-8,10H,4H2,1-3H3;5-9H,4H2,1-3H3. The van der Waals surface area contributed by atoms with Crippen molar-refractivity contribution in [3.8, 4) is 0 Å². The second kappa shape index (κ2) is 34.2. The van der Waals surface area contributed by atoms with E-state index in [9.17, 15) is 14.4 Å². The molecule has 2 bridgehead atoms. The molecule has 10 unspecified atom stereocenters. The lowest BCUT2D eigenvalue weighted by atomic mass is 9.76. The van der Waals surface area contributed by atoms with E-state index in [0.29, 0.717) is 52.6 Å². The van der Waals surface area contributed by atoms with Crippen LogP contribution in [0.2, 0.25) is 0 Å². The lowest BCUT2D eigenvalue weighted by Gasteiger charge is -2.29. The van der Waals surface area contributed by atoms with Crippen molar-refractivity contribution in [3.63, 3.8) is 0 Å². The van der Waals surface area contributed by atoms with Crippen LogP contribution in [-0.4, -0.2) is 39.2 Å². The molecule has 7 rings (SSSR count). The van der Waals surface area contributed by atoms with Crippen molar-refractivity contribution < 1.29 is 28.6 Å². The Morgan fingerprint density at radius 1 is 0.459 bits per heavy atom. The lowest BCUT2D eigenvalue weighted by Crippen LogP contribution is -2.30. The monoisotopic (exact) mass is 1010 g/mol. The van der Waals surface area contributed by atoms with Gasteiger partial charge in [-0.2, -0.15) is 0 Å². The van der Waals surface area contributed by atoms with Crippen LogP contribution < -0.4 is 0 Å². The Kier molecular flexibility index (Phi) is 29.8. The number of esters is 3. The molecule has 5 aromatic rings. The van der Waals surface area contributed by atoms with E-state index in [1.807, 2.05) is 42.5 Å². The van der Waals surface area contributed by atoms with Gasteiger partial charge in [0.05, 0.1) is 38.4 Å². The molecule has 5 aromatic carbocycles. The van der Waals surface area contributed by atoms with Gasteiger partial charge >= 0.3 is 17.9 Å². The minimum absolute atomic E-state index is 0.0197. The van der Waals surface area contributed by atoms with Gasteiger partial charge in [-0.3, -0.25) is 4.79 Å². The molecule has 406 valence electrons. The summed E-state index contributed by atoms with van der Waals surface area (Å²) in [6.45, 7) is 33.2. The quantitative estimate of drug-likeness (QED) is 0.0864. The molecule has 0 saturated heterocycles. The third-order valence-corrected chi connectivity index (χ3v) is 16.2. The number of carbonyl (C=O) groups is 3. The number of carbonyl (C=O) groups excluding carboxylic acids is 3. The second-order valence-corrected chi connectivity index (χ2v) is 21.2. The Bertz CT molecular complexity index is 2360. The molecule has 2 aliphatic carbocycles. The Hall–Kier alpha value is -5.49. The summed E-state index contributed by atoms with van der Waals surface area (Å²) in [7, 11) is 4.30. The minimum atomic E-state index is -0.277. The fraction of sp³-hybridized carbons (Fsp3) is 0.515. The van der Waals surface area contributed by atoms with E-state index >= 15 is 0 Å². The highest BCUT2D eigenvalue weighted by atomic mass is 16.5. The van der Waals surface area contributed by atoms with E-state index in [4.69, 9.17) is 4.74 Å². The van der Waals surface area contributed by atoms with Gasteiger partial charge in [-0.15, -0.1) is 0 Å². The highest BCUT2D eigenvalue weighted by molar-refractivity contribution is 5.89. The Morgan fingerprint density at radius 2 is 0.919 bits per heavy atom. The Balaban J connectivity index is 0.000000305. The molecule has 0 N–H and O–H groups in total. The van der Waals surface area contributed by atoms with Gasteiger partial charge in [0.2, 0.25) is 0 Å². The van der Waals surface area contributed by atoms with E-state index in [1.54, 1.807) is 6.07 Å². The van der Waals surface area contributed by atoms with E-state index in [0.717, 1.165) is 31.1 Å². The highest BCUT2D eigenvalue weighted by Gasteiger charge is 2.51. The zero-order valence-electron chi connectivity index (χ0n) is 49.2. The van der Waals surface area contributed by atoms with E-state index in [2.05, 4.69) is 186 Å². The van der Waals surface area contributed by atoms with Crippen LogP contribution in [0.4, 0.5) is 0 Å². The van der Waals surface area contributed by atoms with Gasteiger partial charge in [-0.25, -0.2) is 9.59 Å². The maximum atomic E-state index is 11.4. The first kappa shape index (κ1) is 64.6. The van der Waals surface area contributed by atoms with Crippen LogP contribution in [0.1, 0.15) is 223 Å². The Morgan fingerprint density at radius 3 is 1.36 bits per heavy atom. The summed E-state index contributed by atoms with van der Waals surface area (Å²) < 4.78 is 14.1. The van der Waals surface area contributed by atoms with Crippen LogP contribution in [0.3, 0.4) is 0 Å². The molecular formula is C68H98O6. The van der Waals surface area contributed by atoms with Crippen molar-refractivity contribution >= 4 is 17.9 Å². The number of hydrogen-bond acceptors (Lipinski definition) is 6. The number of benzene rings is 5. The number of hydrogen-bond donors (Lipinski definition) is 0. The van der Waals surface area contributed by atoms with Crippen molar-refractivity contribution in [2.45, 2.75) is 178 Å². The number of fused-ring (bicyclic) bond motifs is 2. The molecule has 0 aromatic heterocycles. The largest absolute Gasteiger partial charge is 0.469 e. The summed E-state index contributed by atoms with van der Waals surface area (Å²) in [5.41, 5.74) is 12.2. The zero-order chi connectivity index (χ0) is 55.5. The van der Waals surface area contributed by atoms with Crippen molar-refractivity contribution in [1.29, 1.82) is 0 Å². The van der Waals surface area contributed by atoms with Crippen LogP contribution in [0.25, 0.3) is 0 Å². The van der Waals surface area contributed by atoms with E-state index in [-0.39, 0.29) is 23.8 Å². The molecule has 74 heavy (non-hydrogen) atoms. The topological polar surface area (TPSA) is 78.9 Å². The Labute approximate surface area is 450 Å². The maximum absolute atomic E-state index is 11.4. The van der Waals surface area contributed by atoms with Gasteiger partial charge in [0.25, 0.3) is 0 Å². The van der Waals surface area contributed by atoms with Gasteiger partial charge in [-0.1, -0.05) is 191 Å². The molecule has 6 nitrogen and oxygen atoms in total. The molecule has 0 aliphatic heterocycles. The van der Waals surface area contributed by atoms with Gasteiger partial charge in [0.15, 0.2) is 0 Å². The molecule has 0 spiro atoms. The number of methoxy groups -OCH3 is 3. The van der Waals surface area contributed by atoms with Gasteiger partial charge in [0.1, 0.15) is 0 Å². The number of ether oxygens (including phenoxy) is 3. The fourth-order valence-corrected chi connectivity index (χ4v) is 9.69. The number of rotatable bonds is 13. The van der Waals surface area contributed by atoms with Crippen molar-refractivity contribution in [3.05, 3.63) is 177 Å².